The maximum Gasteiger partial charge on any atom is 0.319 e. The van der Waals surface area contributed by atoms with Gasteiger partial charge in [0, 0.05) is 25.3 Å². The third-order valence-corrected chi connectivity index (χ3v) is 5.60. The van der Waals surface area contributed by atoms with Crippen molar-refractivity contribution in [2.45, 2.75) is 32.6 Å². The van der Waals surface area contributed by atoms with E-state index in [1.165, 1.54) is 0 Å². The van der Waals surface area contributed by atoms with Gasteiger partial charge in [-0.3, -0.25) is 0 Å². The number of anilines is 2. The van der Waals surface area contributed by atoms with Crippen LogP contribution in [0.1, 0.15) is 32.6 Å². The first-order chi connectivity index (χ1) is 15.2. The first-order valence-electron chi connectivity index (χ1n) is 11.1. The zero-order valence-corrected chi connectivity index (χ0v) is 18.0. The summed E-state index contributed by atoms with van der Waals surface area (Å²) in [7, 11) is 0. The van der Waals surface area contributed by atoms with Gasteiger partial charge < -0.3 is 24.7 Å². The van der Waals surface area contributed by atoms with Crippen LogP contribution in [0.2, 0.25) is 0 Å². The zero-order valence-electron chi connectivity index (χ0n) is 18.0. The maximum atomic E-state index is 12.2. The normalized spacial score (nSPS) is 14.5. The SMILES string of the molecule is CCCCOc1ccc(NC(=O)NCC2CCN(c3nc4ccccc4o3)CC2)cc1. The van der Waals surface area contributed by atoms with Crippen LogP contribution in [-0.2, 0) is 0 Å². The van der Waals surface area contributed by atoms with Gasteiger partial charge in [0.2, 0.25) is 0 Å². The van der Waals surface area contributed by atoms with Gasteiger partial charge in [0.05, 0.1) is 6.61 Å². The van der Waals surface area contributed by atoms with Crippen LogP contribution in [0.4, 0.5) is 16.5 Å². The number of piperidine rings is 1. The van der Waals surface area contributed by atoms with Crippen LogP contribution < -0.4 is 20.3 Å². The van der Waals surface area contributed by atoms with E-state index in [0.717, 1.165) is 67.9 Å². The van der Waals surface area contributed by atoms with Gasteiger partial charge in [-0.2, -0.15) is 4.98 Å². The van der Waals surface area contributed by atoms with Crippen LogP contribution >= 0.6 is 0 Å². The lowest BCUT2D eigenvalue weighted by Crippen LogP contribution is -2.39. The van der Waals surface area contributed by atoms with Gasteiger partial charge in [-0.1, -0.05) is 25.5 Å². The molecule has 164 valence electrons. The second-order valence-electron chi connectivity index (χ2n) is 7.96. The molecule has 0 radical (unpaired) electrons. The molecule has 7 heteroatoms. The molecular formula is C24H30N4O3. The number of benzene rings is 2. The molecule has 2 N–H and O–H groups in total. The fourth-order valence-electron chi connectivity index (χ4n) is 3.70. The van der Waals surface area contributed by atoms with Crippen molar-refractivity contribution in [2.24, 2.45) is 5.92 Å². The van der Waals surface area contributed by atoms with Gasteiger partial charge >= 0.3 is 6.03 Å². The van der Waals surface area contributed by atoms with E-state index in [1.54, 1.807) is 0 Å². The van der Waals surface area contributed by atoms with E-state index >= 15 is 0 Å². The zero-order chi connectivity index (χ0) is 21.5. The summed E-state index contributed by atoms with van der Waals surface area (Å²) >= 11 is 0. The van der Waals surface area contributed by atoms with Gasteiger partial charge in [0.1, 0.15) is 11.3 Å². The van der Waals surface area contributed by atoms with E-state index in [4.69, 9.17) is 9.15 Å². The molecule has 1 saturated heterocycles. The Hall–Kier alpha value is -3.22. The van der Waals surface area contributed by atoms with Gasteiger partial charge in [-0.05, 0) is 61.6 Å². The molecule has 1 aliphatic heterocycles. The summed E-state index contributed by atoms with van der Waals surface area (Å²) in [4.78, 5) is 19.0. The van der Waals surface area contributed by atoms with Crippen molar-refractivity contribution in [1.29, 1.82) is 0 Å². The molecular weight excluding hydrogens is 392 g/mol. The number of fused-ring (bicyclic) bond motifs is 1. The number of ether oxygens (including phenoxy) is 1. The molecule has 1 fully saturated rings. The first kappa shape index (κ1) is 21.0. The van der Waals surface area contributed by atoms with Crippen molar-refractivity contribution in [2.75, 3.05) is 36.5 Å². The number of nitrogens with zero attached hydrogens (tertiary/aromatic N) is 2. The summed E-state index contributed by atoms with van der Waals surface area (Å²) in [6.45, 7) is 5.26. The maximum absolute atomic E-state index is 12.2. The molecule has 1 aliphatic rings. The quantitative estimate of drug-likeness (QED) is 0.497. The molecule has 0 atom stereocenters. The number of oxazole rings is 1. The minimum Gasteiger partial charge on any atom is -0.494 e. The molecule has 2 amide bonds. The molecule has 2 heterocycles. The molecule has 0 saturated carbocycles. The second-order valence-corrected chi connectivity index (χ2v) is 7.96. The Morgan fingerprint density at radius 1 is 1.16 bits per heavy atom. The molecule has 3 aromatic rings. The number of carbonyl (C=O) groups is 1. The number of hydrogen-bond donors (Lipinski definition) is 2. The number of unbranched alkanes of at least 4 members (excludes halogenated alkanes) is 1. The van der Waals surface area contributed by atoms with E-state index < -0.39 is 0 Å². The van der Waals surface area contributed by atoms with Crippen LogP contribution in [0, 0.1) is 5.92 Å². The Balaban J connectivity index is 1.18. The fraction of sp³-hybridized carbons (Fsp3) is 0.417. The minimum atomic E-state index is -0.180. The number of urea groups is 1. The summed E-state index contributed by atoms with van der Waals surface area (Å²) in [5.41, 5.74) is 2.46. The number of nitrogens with one attached hydrogen (secondary N) is 2. The fourth-order valence-corrected chi connectivity index (χ4v) is 3.70. The number of aromatic nitrogens is 1. The lowest BCUT2D eigenvalue weighted by molar-refractivity contribution is 0.248. The topological polar surface area (TPSA) is 79.6 Å². The Morgan fingerprint density at radius 3 is 2.68 bits per heavy atom. The standard InChI is InChI=1S/C24H30N4O3/c1-2-3-16-30-20-10-8-19(9-11-20)26-23(29)25-17-18-12-14-28(15-13-18)24-27-21-6-4-5-7-22(21)31-24/h4-11,18H,2-3,12-17H2,1H3,(H2,25,26,29). The highest BCUT2D eigenvalue weighted by Gasteiger charge is 2.23. The third kappa shape index (κ3) is 5.69. The molecule has 0 spiro atoms. The summed E-state index contributed by atoms with van der Waals surface area (Å²) in [6, 6.07) is 15.8. The average Bonchev–Trinajstić information content (AvgIpc) is 3.24. The van der Waals surface area contributed by atoms with E-state index in [2.05, 4.69) is 27.4 Å². The summed E-state index contributed by atoms with van der Waals surface area (Å²) in [5, 5.41) is 5.88. The predicted molar refractivity (Wildman–Crippen MR) is 123 cm³/mol. The molecule has 2 aromatic carbocycles. The van der Waals surface area contributed by atoms with Crippen molar-refractivity contribution in [3.8, 4) is 5.75 Å². The highest BCUT2D eigenvalue weighted by molar-refractivity contribution is 5.89. The van der Waals surface area contributed by atoms with Crippen molar-refractivity contribution < 1.29 is 13.9 Å². The summed E-state index contributed by atoms with van der Waals surface area (Å²) in [5.74, 6) is 1.27. The molecule has 1 aromatic heterocycles. The Kier molecular flexibility index (Phi) is 6.92. The number of amides is 2. The average molecular weight is 423 g/mol. The summed E-state index contributed by atoms with van der Waals surface area (Å²) in [6.07, 6.45) is 4.12. The van der Waals surface area contributed by atoms with Gasteiger partial charge in [-0.25, -0.2) is 4.79 Å². The monoisotopic (exact) mass is 422 g/mol. The number of para-hydroxylation sites is 2. The highest BCUT2D eigenvalue weighted by Crippen LogP contribution is 2.26. The van der Waals surface area contributed by atoms with E-state index in [1.807, 2.05) is 48.5 Å². The lowest BCUT2D eigenvalue weighted by Gasteiger charge is -2.30. The van der Waals surface area contributed by atoms with Crippen molar-refractivity contribution in [3.05, 3.63) is 48.5 Å². The van der Waals surface area contributed by atoms with Crippen LogP contribution in [0.25, 0.3) is 11.1 Å². The van der Waals surface area contributed by atoms with Crippen LogP contribution in [0.15, 0.2) is 52.9 Å². The van der Waals surface area contributed by atoms with Crippen molar-refractivity contribution >= 4 is 28.8 Å². The van der Waals surface area contributed by atoms with Gasteiger partial charge in [-0.15, -0.1) is 0 Å². The largest absolute Gasteiger partial charge is 0.494 e. The summed E-state index contributed by atoms with van der Waals surface area (Å²) < 4.78 is 11.5. The first-order valence-corrected chi connectivity index (χ1v) is 11.1. The highest BCUT2D eigenvalue weighted by atomic mass is 16.5. The minimum absolute atomic E-state index is 0.180. The molecule has 0 bridgehead atoms. The predicted octanol–water partition coefficient (Wildman–Crippen LogP) is 5.04. The van der Waals surface area contributed by atoms with Gasteiger partial charge in [0.15, 0.2) is 5.58 Å². The molecule has 7 nitrogen and oxygen atoms in total. The van der Waals surface area contributed by atoms with Crippen LogP contribution in [0.5, 0.6) is 5.75 Å². The number of rotatable bonds is 8. The van der Waals surface area contributed by atoms with E-state index in [0.29, 0.717) is 18.5 Å². The number of carbonyl (C=O) groups excluding carboxylic acids is 1. The Bertz CT molecular complexity index is 945. The van der Waals surface area contributed by atoms with Crippen LogP contribution in [0.3, 0.4) is 0 Å². The molecule has 0 aliphatic carbocycles. The van der Waals surface area contributed by atoms with Crippen molar-refractivity contribution in [3.63, 3.8) is 0 Å². The number of hydrogen-bond acceptors (Lipinski definition) is 5. The van der Waals surface area contributed by atoms with Crippen molar-refractivity contribution in [1.82, 2.24) is 10.3 Å². The second kappa shape index (κ2) is 10.2. The van der Waals surface area contributed by atoms with E-state index in [-0.39, 0.29) is 6.03 Å². The molecule has 4 rings (SSSR count). The lowest BCUT2D eigenvalue weighted by atomic mass is 9.97. The smallest absolute Gasteiger partial charge is 0.319 e. The Morgan fingerprint density at radius 2 is 1.94 bits per heavy atom. The molecule has 31 heavy (non-hydrogen) atoms. The van der Waals surface area contributed by atoms with Gasteiger partial charge in [0.25, 0.3) is 6.01 Å². The third-order valence-electron chi connectivity index (χ3n) is 5.60. The van der Waals surface area contributed by atoms with Crippen LogP contribution in [-0.4, -0.2) is 37.3 Å². The Labute approximate surface area is 182 Å². The van der Waals surface area contributed by atoms with E-state index in [9.17, 15) is 4.79 Å². The molecule has 0 unspecified atom stereocenters.